The predicted octanol–water partition coefficient (Wildman–Crippen LogP) is 4.13. The minimum atomic E-state index is -0.486. The van der Waals surface area contributed by atoms with Gasteiger partial charge in [0, 0.05) is 19.3 Å². The summed E-state index contributed by atoms with van der Waals surface area (Å²) in [6, 6.07) is 7.61. The molecule has 0 bridgehead atoms. The van der Waals surface area contributed by atoms with E-state index >= 15 is 0 Å². The predicted molar refractivity (Wildman–Crippen MR) is 90.6 cm³/mol. The Kier molecular flexibility index (Phi) is 6.12. The van der Waals surface area contributed by atoms with Crippen molar-refractivity contribution in [2.45, 2.75) is 26.8 Å². The van der Waals surface area contributed by atoms with Gasteiger partial charge in [0.2, 0.25) is 0 Å². The van der Waals surface area contributed by atoms with Crippen molar-refractivity contribution >= 4 is 6.03 Å². The number of ether oxygens (including phenoxy) is 1. The van der Waals surface area contributed by atoms with E-state index in [4.69, 9.17) is 4.74 Å². The molecule has 1 N–H and O–H groups in total. The fourth-order valence-corrected chi connectivity index (χ4v) is 2.27. The minimum Gasteiger partial charge on any atom is -0.453 e. The first-order valence-corrected chi connectivity index (χ1v) is 7.97. The van der Waals surface area contributed by atoms with Gasteiger partial charge in [0.15, 0.2) is 11.6 Å². The lowest BCUT2D eigenvalue weighted by Gasteiger charge is -2.23. The molecule has 0 saturated carbocycles. The molecule has 2 amide bonds. The van der Waals surface area contributed by atoms with E-state index in [0.29, 0.717) is 24.4 Å². The van der Waals surface area contributed by atoms with Crippen molar-refractivity contribution in [2.24, 2.45) is 0 Å². The Balaban J connectivity index is 2.07. The van der Waals surface area contributed by atoms with Crippen molar-refractivity contribution in [3.8, 4) is 11.5 Å². The fourth-order valence-electron chi connectivity index (χ4n) is 2.27. The summed E-state index contributed by atoms with van der Waals surface area (Å²) >= 11 is 0. The van der Waals surface area contributed by atoms with Gasteiger partial charge in [-0.15, -0.1) is 0 Å². The second-order valence-electron chi connectivity index (χ2n) is 5.32. The van der Waals surface area contributed by atoms with Gasteiger partial charge in [-0.25, -0.2) is 9.18 Å². The van der Waals surface area contributed by atoms with Crippen molar-refractivity contribution in [1.29, 1.82) is 0 Å². The number of pyridine rings is 1. The van der Waals surface area contributed by atoms with E-state index in [2.05, 4.69) is 10.3 Å². The van der Waals surface area contributed by atoms with Gasteiger partial charge in [0.1, 0.15) is 5.75 Å². The largest absolute Gasteiger partial charge is 0.453 e. The average Bonchev–Trinajstić information content (AvgIpc) is 2.58. The number of carbonyl (C=O) groups is 1. The Morgan fingerprint density at radius 2 is 2.08 bits per heavy atom. The molecule has 0 saturated heterocycles. The molecular formula is C18H22FN3O2. The van der Waals surface area contributed by atoms with Crippen LogP contribution < -0.4 is 10.1 Å². The summed E-state index contributed by atoms with van der Waals surface area (Å²) in [5.74, 6) is 0.0985. The lowest BCUT2D eigenvalue weighted by atomic mass is 10.1. The first-order valence-electron chi connectivity index (χ1n) is 7.97. The Hall–Kier alpha value is -2.63. The van der Waals surface area contributed by atoms with Gasteiger partial charge in [-0.2, -0.15) is 0 Å². The summed E-state index contributed by atoms with van der Waals surface area (Å²) in [6.45, 7) is 6.90. The molecule has 0 spiro atoms. The fraction of sp³-hybridized carbons (Fsp3) is 0.333. The highest BCUT2D eigenvalue weighted by Crippen LogP contribution is 2.26. The number of rotatable bonds is 6. The summed E-state index contributed by atoms with van der Waals surface area (Å²) in [4.78, 5) is 17.7. The monoisotopic (exact) mass is 331 g/mol. The van der Waals surface area contributed by atoms with Gasteiger partial charge in [-0.05, 0) is 50.6 Å². The van der Waals surface area contributed by atoms with Crippen molar-refractivity contribution in [1.82, 2.24) is 15.2 Å². The Morgan fingerprint density at radius 3 is 2.67 bits per heavy atom. The third-order valence-electron chi connectivity index (χ3n) is 3.71. The first kappa shape index (κ1) is 17.7. The number of nitrogens with zero attached hydrogens (tertiary/aromatic N) is 2. The maximum absolute atomic E-state index is 14.3. The van der Waals surface area contributed by atoms with Gasteiger partial charge >= 0.3 is 6.03 Å². The molecule has 2 rings (SSSR count). The Labute approximate surface area is 141 Å². The van der Waals surface area contributed by atoms with E-state index in [1.165, 1.54) is 12.3 Å². The van der Waals surface area contributed by atoms with Gasteiger partial charge in [0.25, 0.3) is 0 Å². The van der Waals surface area contributed by atoms with Gasteiger partial charge in [-0.3, -0.25) is 4.98 Å². The molecule has 128 valence electrons. The number of benzene rings is 1. The number of amides is 2. The van der Waals surface area contributed by atoms with Crippen LogP contribution in [0.2, 0.25) is 0 Å². The summed E-state index contributed by atoms with van der Waals surface area (Å²) in [7, 11) is 0. The molecule has 1 heterocycles. The van der Waals surface area contributed by atoms with Crippen LogP contribution in [0, 0.1) is 5.82 Å². The van der Waals surface area contributed by atoms with Crippen LogP contribution in [0.4, 0.5) is 9.18 Å². The number of hydrogen-bond acceptors (Lipinski definition) is 3. The van der Waals surface area contributed by atoms with Gasteiger partial charge in [0.05, 0.1) is 12.2 Å². The van der Waals surface area contributed by atoms with E-state index in [9.17, 15) is 9.18 Å². The molecular weight excluding hydrogens is 309 g/mol. The van der Waals surface area contributed by atoms with Crippen LogP contribution in [-0.2, 0) is 0 Å². The third kappa shape index (κ3) is 4.44. The lowest BCUT2D eigenvalue weighted by molar-refractivity contribution is 0.200. The molecule has 24 heavy (non-hydrogen) atoms. The molecule has 1 aromatic carbocycles. The zero-order valence-electron chi connectivity index (χ0n) is 14.1. The number of urea groups is 1. The highest BCUT2D eigenvalue weighted by Gasteiger charge is 2.15. The van der Waals surface area contributed by atoms with E-state index in [1.807, 2.05) is 20.8 Å². The Morgan fingerprint density at radius 1 is 1.33 bits per heavy atom. The number of carbonyl (C=O) groups excluding carboxylic acids is 1. The van der Waals surface area contributed by atoms with Crippen LogP contribution in [0.3, 0.4) is 0 Å². The zero-order valence-corrected chi connectivity index (χ0v) is 14.1. The minimum absolute atomic E-state index is 0.119. The normalized spacial score (nSPS) is 11.7. The smallest absolute Gasteiger partial charge is 0.317 e. The summed E-state index contributed by atoms with van der Waals surface area (Å²) in [5.41, 5.74) is 0.673. The van der Waals surface area contributed by atoms with Gasteiger partial charge < -0.3 is 15.0 Å². The van der Waals surface area contributed by atoms with Gasteiger partial charge in [-0.1, -0.05) is 6.07 Å². The third-order valence-corrected chi connectivity index (χ3v) is 3.71. The first-order chi connectivity index (χ1) is 11.5. The van der Waals surface area contributed by atoms with Crippen molar-refractivity contribution < 1.29 is 13.9 Å². The summed E-state index contributed by atoms with van der Waals surface area (Å²) < 4.78 is 19.7. The molecule has 0 fully saturated rings. The van der Waals surface area contributed by atoms with Crippen LogP contribution in [0.5, 0.6) is 11.5 Å². The Bertz CT molecular complexity index is 675. The number of nitrogens with one attached hydrogen (secondary N) is 1. The van der Waals surface area contributed by atoms with Crippen LogP contribution in [0.25, 0.3) is 0 Å². The molecule has 1 atom stereocenters. The van der Waals surface area contributed by atoms with Crippen molar-refractivity contribution in [2.75, 3.05) is 13.1 Å². The van der Waals surface area contributed by atoms with E-state index in [0.717, 1.165) is 0 Å². The number of aromatic nitrogens is 1. The SMILES string of the molecule is CCN(CC)C(=O)NC(C)c1ccc(Oc2cccnc2)c(F)c1. The second kappa shape index (κ2) is 8.29. The molecule has 0 aliphatic carbocycles. The molecule has 1 aromatic heterocycles. The average molecular weight is 331 g/mol. The summed E-state index contributed by atoms with van der Waals surface area (Å²) in [5, 5.41) is 2.86. The molecule has 2 aromatic rings. The van der Waals surface area contributed by atoms with E-state index < -0.39 is 5.82 Å². The molecule has 0 radical (unpaired) electrons. The van der Waals surface area contributed by atoms with E-state index in [-0.39, 0.29) is 17.8 Å². The molecule has 0 aliphatic heterocycles. The topological polar surface area (TPSA) is 54.5 Å². The standard InChI is InChI=1S/C18H22FN3O2/c1-4-22(5-2)18(23)21-13(3)14-8-9-17(16(19)11-14)24-15-7-6-10-20-12-15/h6-13H,4-5H2,1-3H3,(H,21,23). The van der Waals surface area contributed by atoms with Crippen molar-refractivity contribution in [3.05, 3.63) is 54.1 Å². The molecule has 6 heteroatoms. The zero-order chi connectivity index (χ0) is 17.5. The maximum atomic E-state index is 14.3. The van der Waals surface area contributed by atoms with Crippen LogP contribution in [0.1, 0.15) is 32.4 Å². The molecule has 5 nitrogen and oxygen atoms in total. The molecule has 1 unspecified atom stereocenters. The van der Waals surface area contributed by atoms with Crippen LogP contribution in [0.15, 0.2) is 42.7 Å². The molecule has 0 aliphatic rings. The highest BCUT2D eigenvalue weighted by atomic mass is 19.1. The summed E-state index contributed by atoms with van der Waals surface area (Å²) in [6.07, 6.45) is 3.13. The second-order valence-corrected chi connectivity index (χ2v) is 5.32. The quantitative estimate of drug-likeness (QED) is 0.866. The number of halogens is 1. The highest BCUT2D eigenvalue weighted by molar-refractivity contribution is 5.74. The lowest BCUT2D eigenvalue weighted by Crippen LogP contribution is -2.40. The number of hydrogen-bond donors (Lipinski definition) is 1. The van der Waals surface area contributed by atoms with Crippen molar-refractivity contribution in [3.63, 3.8) is 0 Å². The van der Waals surface area contributed by atoms with Crippen LogP contribution in [-0.4, -0.2) is 29.0 Å². The maximum Gasteiger partial charge on any atom is 0.317 e. The van der Waals surface area contributed by atoms with E-state index in [1.54, 1.807) is 35.4 Å². The van der Waals surface area contributed by atoms with Crippen LogP contribution >= 0.6 is 0 Å².